The average molecular weight is 500 g/mol. The predicted octanol–water partition coefficient (Wildman–Crippen LogP) is 2.27. The summed E-state index contributed by atoms with van der Waals surface area (Å²) in [6.45, 7) is 7.17. The zero-order valence-electron chi connectivity index (χ0n) is 21.9. The van der Waals surface area contributed by atoms with Gasteiger partial charge < -0.3 is 24.5 Å². The van der Waals surface area contributed by atoms with E-state index < -0.39 is 35.1 Å². The molecular formula is C28H41N3O5. The van der Waals surface area contributed by atoms with Crippen LogP contribution in [0.3, 0.4) is 0 Å². The fraction of sp³-hybridized carbons (Fsp3) is 0.750. The molecule has 1 unspecified atom stereocenters. The molecule has 1 N–H and O–H groups in total. The van der Waals surface area contributed by atoms with Crippen LogP contribution in [0.1, 0.15) is 65.7 Å². The number of amides is 3. The van der Waals surface area contributed by atoms with Crippen LogP contribution in [-0.2, 0) is 19.1 Å². The zero-order valence-corrected chi connectivity index (χ0v) is 21.9. The molecule has 5 aliphatic rings. The summed E-state index contributed by atoms with van der Waals surface area (Å²) >= 11 is 0. The molecule has 8 nitrogen and oxygen atoms in total. The molecule has 0 aromatic heterocycles. The normalized spacial score (nSPS) is 37.6. The largest absolute Gasteiger partial charge is 0.394 e. The maximum atomic E-state index is 14.4. The number of hydrogen-bond donors (Lipinski definition) is 1. The Bertz CT molecular complexity index is 955. The highest BCUT2D eigenvalue weighted by Crippen LogP contribution is 2.58. The molecule has 4 aliphatic heterocycles. The van der Waals surface area contributed by atoms with Crippen LogP contribution >= 0.6 is 0 Å². The smallest absolute Gasteiger partial charge is 0.249 e. The van der Waals surface area contributed by atoms with E-state index >= 15 is 0 Å². The summed E-state index contributed by atoms with van der Waals surface area (Å²) in [5.41, 5.74) is -2.23. The number of ether oxygens (including phenoxy) is 1. The van der Waals surface area contributed by atoms with Crippen molar-refractivity contribution in [2.45, 2.75) is 95.0 Å². The third-order valence-electron chi connectivity index (χ3n) is 9.19. The van der Waals surface area contributed by atoms with Crippen LogP contribution < -0.4 is 0 Å². The quantitative estimate of drug-likeness (QED) is 0.567. The lowest BCUT2D eigenvalue weighted by atomic mass is 9.74. The fourth-order valence-electron chi connectivity index (χ4n) is 7.53. The van der Waals surface area contributed by atoms with E-state index in [0.29, 0.717) is 26.1 Å². The number of carbonyl (C=O) groups is 3. The van der Waals surface area contributed by atoms with Crippen LogP contribution in [0.4, 0.5) is 0 Å². The molecular weight excluding hydrogens is 458 g/mol. The van der Waals surface area contributed by atoms with Crippen molar-refractivity contribution in [3.05, 3.63) is 24.3 Å². The van der Waals surface area contributed by atoms with E-state index in [-0.39, 0.29) is 30.4 Å². The standard InChI is InChI=1S/C28H41N3O5/c1-4-15-29-16-9-13-27(3)21(24(29)33)22-25(34)31(19(5-2)18-32)23-26(35)30(20-11-7-6-8-12-20)17-10-14-28(22,23)36-27/h9-10,13-14,19-23,32H,4-8,11-12,15-18H2,1-3H3/t19-,21+,22-,23?,27-,28-/m0/s1. The van der Waals surface area contributed by atoms with Crippen molar-refractivity contribution in [1.29, 1.82) is 0 Å². The van der Waals surface area contributed by atoms with Crippen LogP contribution in [0.2, 0.25) is 0 Å². The lowest BCUT2D eigenvalue weighted by Crippen LogP contribution is -2.60. The Morgan fingerprint density at radius 3 is 2.39 bits per heavy atom. The van der Waals surface area contributed by atoms with Gasteiger partial charge in [0.15, 0.2) is 0 Å². The minimum absolute atomic E-state index is 0.0912. The molecule has 6 atom stereocenters. The molecule has 0 bridgehead atoms. The number of hydrogen-bond acceptors (Lipinski definition) is 5. The summed E-state index contributed by atoms with van der Waals surface area (Å²) in [6.07, 6.45) is 14.4. The van der Waals surface area contributed by atoms with Crippen LogP contribution in [0, 0.1) is 11.8 Å². The molecule has 0 radical (unpaired) electrons. The molecule has 2 saturated heterocycles. The Morgan fingerprint density at radius 1 is 1.00 bits per heavy atom. The van der Waals surface area contributed by atoms with Gasteiger partial charge in [-0.25, -0.2) is 0 Å². The highest BCUT2D eigenvalue weighted by Gasteiger charge is 2.75. The van der Waals surface area contributed by atoms with Gasteiger partial charge in [-0.1, -0.05) is 57.4 Å². The topological polar surface area (TPSA) is 90.4 Å². The van der Waals surface area contributed by atoms with Crippen LogP contribution in [0.5, 0.6) is 0 Å². The number of aliphatic hydroxyl groups is 1. The number of fused-ring (bicyclic) bond motifs is 2. The predicted molar refractivity (Wildman–Crippen MR) is 135 cm³/mol. The first kappa shape index (κ1) is 25.5. The van der Waals surface area contributed by atoms with Gasteiger partial charge in [-0.3, -0.25) is 14.4 Å². The van der Waals surface area contributed by atoms with Crippen molar-refractivity contribution < 1.29 is 24.2 Å². The molecule has 3 amide bonds. The summed E-state index contributed by atoms with van der Waals surface area (Å²) in [5, 5.41) is 10.3. The van der Waals surface area contributed by atoms with Crippen molar-refractivity contribution >= 4 is 17.7 Å². The van der Waals surface area contributed by atoms with E-state index in [1.165, 1.54) is 6.42 Å². The molecule has 0 aromatic carbocycles. The Morgan fingerprint density at radius 2 is 1.72 bits per heavy atom. The van der Waals surface area contributed by atoms with E-state index in [1.807, 2.05) is 50.0 Å². The number of rotatable bonds is 6. The number of carbonyl (C=O) groups excluding carboxylic acids is 3. The molecule has 0 aromatic rings. The SMILES string of the molecule is CCCN1CC=C[C@]2(C)O[C@]34C=CCN(C5CCCCC5)C(=O)C3N([C@@H](CC)CO)C(=O)[C@@H]4[C@@H]2C1=O. The number of likely N-dealkylation sites (tertiary alicyclic amines) is 1. The summed E-state index contributed by atoms with van der Waals surface area (Å²) in [5.74, 6) is -1.99. The van der Waals surface area contributed by atoms with E-state index in [0.717, 1.165) is 32.1 Å². The van der Waals surface area contributed by atoms with E-state index in [4.69, 9.17) is 4.74 Å². The monoisotopic (exact) mass is 499 g/mol. The molecule has 4 heterocycles. The van der Waals surface area contributed by atoms with Crippen LogP contribution in [0.25, 0.3) is 0 Å². The van der Waals surface area contributed by atoms with Crippen molar-refractivity contribution in [2.75, 3.05) is 26.2 Å². The van der Waals surface area contributed by atoms with Crippen molar-refractivity contribution in [3.63, 3.8) is 0 Å². The zero-order chi connectivity index (χ0) is 25.7. The Kier molecular flexibility index (Phi) is 6.79. The second-order valence-electron chi connectivity index (χ2n) is 11.4. The van der Waals surface area contributed by atoms with Crippen molar-refractivity contribution in [3.8, 4) is 0 Å². The van der Waals surface area contributed by atoms with Gasteiger partial charge in [0.25, 0.3) is 0 Å². The van der Waals surface area contributed by atoms with Crippen LogP contribution in [0.15, 0.2) is 24.3 Å². The molecule has 1 aliphatic carbocycles. The van der Waals surface area contributed by atoms with Gasteiger partial charge in [0, 0.05) is 25.7 Å². The summed E-state index contributed by atoms with van der Waals surface area (Å²) in [6, 6.07) is -1.26. The highest BCUT2D eigenvalue weighted by molar-refractivity contribution is 6.00. The summed E-state index contributed by atoms with van der Waals surface area (Å²) in [4.78, 5) is 48.0. The highest BCUT2D eigenvalue weighted by atomic mass is 16.5. The molecule has 8 heteroatoms. The number of nitrogens with zero attached hydrogens (tertiary/aromatic N) is 3. The summed E-state index contributed by atoms with van der Waals surface area (Å²) < 4.78 is 6.86. The lowest BCUT2D eigenvalue weighted by molar-refractivity contribution is -0.157. The van der Waals surface area contributed by atoms with Gasteiger partial charge in [0.05, 0.1) is 30.1 Å². The van der Waals surface area contributed by atoms with Gasteiger partial charge in [-0.2, -0.15) is 0 Å². The van der Waals surface area contributed by atoms with Gasteiger partial charge in [-0.05, 0) is 32.6 Å². The van der Waals surface area contributed by atoms with Crippen molar-refractivity contribution in [1.82, 2.24) is 14.7 Å². The molecule has 3 fully saturated rings. The first-order chi connectivity index (χ1) is 17.3. The Hall–Kier alpha value is -2.19. The van der Waals surface area contributed by atoms with Gasteiger partial charge in [0.1, 0.15) is 11.6 Å². The molecule has 198 valence electrons. The minimum atomic E-state index is -1.24. The molecule has 1 spiro atoms. The third kappa shape index (κ3) is 3.66. The summed E-state index contributed by atoms with van der Waals surface area (Å²) in [7, 11) is 0. The minimum Gasteiger partial charge on any atom is -0.394 e. The second-order valence-corrected chi connectivity index (χ2v) is 11.4. The average Bonchev–Trinajstić information content (AvgIpc) is 3.14. The van der Waals surface area contributed by atoms with E-state index in [2.05, 4.69) is 0 Å². The first-order valence-electron chi connectivity index (χ1n) is 13.9. The van der Waals surface area contributed by atoms with Crippen LogP contribution in [-0.4, -0.2) is 93.1 Å². The molecule has 36 heavy (non-hydrogen) atoms. The molecule has 5 rings (SSSR count). The fourth-order valence-corrected chi connectivity index (χ4v) is 7.53. The van der Waals surface area contributed by atoms with E-state index in [9.17, 15) is 19.5 Å². The van der Waals surface area contributed by atoms with Gasteiger partial charge >= 0.3 is 0 Å². The van der Waals surface area contributed by atoms with Crippen molar-refractivity contribution in [2.24, 2.45) is 11.8 Å². The first-order valence-corrected chi connectivity index (χ1v) is 13.9. The maximum absolute atomic E-state index is 14.4. The lowest BCUT2D eigenvalue weighted by Gasteiger charge is -2.42. The second kappa shape index (κ2) is 9.60. The van der Waals surface area contributed by atoms with Gasteiger partial charge in [-0.15, -0.1) is 0 Å². The van der Waals surface area contributed by atoms with Gasteiger partial charge in [0.2, 0.25) is 17.7 Å². The Balaban J connectivity index is 1.63. The van der Waals surface area contributed by atoms with E-state index in [1.54, 1.807) is 9.80 Å². The number of aliphatic hydroxyl groups excluding tert-OH is 1. The maximum Gasteiger partial charge on any atom is 0.249 e. The molecule has 1 saturated carbocycles. The third-order valence-corrected chi connectivity index (χ3v) is 9.19. The Labute approximate surface area is 214 Å².